The number of nitrogens with one attached hydrogen (secondary N) is 1. The summed E-state index contributed by atoms with van der Waals surface area (Å²) in [7, 11) is -1.14. The molecule has 0 saturated carbocycles. The molecule has 0 aromatic heterocycles. The SMILES string of the molecule is CCNC(c1ccc(CCOC)cc1)C1CCS(=O)(=O)C1. The zero-order valence-corrected chi connectivity index (χ0v) is 13.7. The van der Waals surface area contributed by atoms with Gasteiger partial charge in [0.25, 0.3) is 0 Å². The second-order valence-electron chi connectivity index (χ2n) is 5.68. The second-order valence-corrected chi connectivity index (χ2v) is 7.91. The van der Waals surface area contributed by atoms with Crippen LogP contribution in [0.1, 0.15) is 30.5 Å². The third-order valence-corrected chi connectivity index (χ3v) is 5.89. The zero-order chi connectivity index (χ0) is 15.3. The predicted octanol–water partition coefficient (Wildman–Crippen LogP) is 1.96. The Kier molecular flexibility index (Phi) is 5.79. The van der Waals surface area contributed by atoms with E-state index in [4.69, 9.17) is 4.74 Å². The van der Waals surface area contributed by atoms with Gasteiger partial charge in [-0.15, -0.1) is 0 Å². The molecule has 2 atom stereocenters. The van der Waals surface area contributed by atoms with Gasteiger partial charge in [-0.2, -0.15) is 0 Å². The van der Waals surface area contributed by atoms with Gasteiger partial charge in [0.1, 0.15) is 0 Å². The number of benzene rings is 1. The minimum absolute atomic E-state index is 0.128. The molecule has 1 fully saturated rings. The third kappa shape index (κ3) is 4.53. The molecule has 1 N–H and O–H groups in total. The van der Waals surface area contributed by atoms with Crippen LogP contribution in [0, 0.1) is 5.92 Å². The second kappa shape index (κ2) is 7.38. The monoisotopic (exact) mass is 311 g/mol. The molecule has 1 aliphatic heterocycles. The van der Waals surface area contributed by atoms with Crippen molar-refractivity contribution in [2.45, 2.75) is 25.8 Å². The lowest BCUT2D eigenvalue weighted by Crippen LogP contribution is -2.29. The van der Waals surface area contributed by atoms with Crippen molar-refractivity contribution >= 4 is 9.84 Å². The van der Waals surface area contributed by atoms with E-state index >= 15 is 0 Å². The summed E-state index contributed by atoms with van der Waals surface area (Å²) in [6, 6.07) is 8.58. The molecular formula is C16H25NO3S. The largest absolute Gasteiger partial charge is 0.384 e. The van der Waals surface area contributed by atoms with Crippen LogP contribution in [-0.2, 0) is 21.0 Å². The van der Waals surface area contributed by atoms with Gasteiger partial charge in [0.05, 0.1) is 18.1 Å². The predicted molar refractivity (Wildman–Crippen MR) is 85.2 cm³/mol. The fourth-order valence-electron chi connectivity index (χ4n) is 2.97. The lowest BCUT2D eigenvalue weighted by molar-refractivity contribution is 0.202. The molecule has 1 aliphatic rings. The Morgan fingerprint density at radius 1 is 1.33 bits per heavy atom. The highest BCUT2D eigenvalue weighted by molar-refractivity contribution is 7.91. The van der Waals surface area contributed by atoms with Gasteiger partial charge in [-0.1, -0.05) is 31.2 Å². The molecule has 1 aromatic rings. The maximum atomic E-state index is 11.7. The van der Waals surface area contributed by atoms with Crippen LogP contribution in [0.3, 0.4) is 0 Å². The molecular weight excluding hydrogens is 286 g/mol. The van der Waals surface area contributed by atoms with Crippen LogP contribution in [0.15, 0.2) is 24.3 Å². The van der Waals surface area contributed by atoms with E-state index in [1.54, 1.807) is 7.11 Å². The maximum Gasteiger partial charge on any atom is 0.150 e. The lowest BCUT2D eigenvalue weighted by atomic mass is 9.91. The summed E-state index contributed by atoms with van der Waals surface area (Å²) in [5.74, 6) is 0.807. The molecule has 1 saturated heterocycles. The summed E-state index contributed by atoms with van der Waals surface area (Å²) in [6.45, 7) is 3.62. The number of ether oxygens (including phenoxy) is 1. The molecule has 1 heterocycles. The molecule has 0 amide bonds. The van der Waals surface area contributed by atoms with Crippen LogP contribution in [0.2, 0.25) is 0 Å². The number of hydrogen-bond acceptors (Lipinski definition) is 4. The summed E-state index contributed by atoms with van der Waals surface area (Å²) < 4.78 is 28.5. The van der Waals surface area contributed by atoms with Gasteiger partial charge in [-0.25, -0.2) is 8.42 Å². The Balaban J connectivity index is 2.11. The standard InChI is InChI=1S/C16H25NO3S/c1-3-17-16(15-9-11-21(18,19)12-15)14-6-4-13(5-7-14)8-10-20-2/h4-7,15-17H,3,8-12H2,1-2H3. The van der Waals surface area contributed by atoms with Crippen molar-refractivity contribution in [3.8, 4) is 0 Å². The van der Waals surface area contributed by atoms with Crippen LogP contribution in [0.25, 0.3) is 0 Å². The van der Waals surface area contributed by atoms with E-state index in [0.29, 0.717) is 11.5 Å². The van der Waals surface area contributed by atoms with E-state index in [-0.39, 0.29) is 12.0 Å². The average molecular weight is 311 g/mol. The van der Waals surface area contributed by atoms with E-state index in [1.807, 2.05) is 0 Å². The van der Waals surface area contributed by atoms with Crippen LogP contribution < -0.4 is 5.32 Å². The first-order valence-electron chi connectivity index (χ1n) is 7.57. The summed E-state index contributed by atoms with van der Waals surface area (Å²) >= 11 is 0. The van der Waals surface area contributed by atoms with E-state index in [2.05, 4.69) is 36.5 Å². The quantitative estimate of drug-likeness (QED) is 0.836. The Hall–Kier alpha value is -0.910. The van der Waals surface area contributed by atoms with Crippen LogP contribution >= 0.6 is 0 Å². The van der Waals surface area contributed by atoms with E-state index in [1.165, 1.54) is 11.1 Å². The number of hydrogen-bond donors (Lipinski definition) is 1. The van der Waals surface area contributed by atoms with Crippen LogP contribution in [0.5, 0.6) is 0 Å². The van der Waals surface area contributed by atoms with E-state index < -0.39 is 9.84 Å². The highest BCUT2D eigenvalue weighted by Gasteiger charge is 2.33. The van der Waals surface area contributed by atoms with Gasteiger partial charge in [-0.05, 0) is 36.4 Å². The molecule has 5 heteroatoms. The van der Waals surface area contributed by atoms with Crippen molar-refractivity contribution in [3.63, 3.8) is 0 Å². The maximum absolute atomic E-state index is 11.7. The Labute approximate surface area is 127 Å². The summed E-state index contributed by atoms with van der Waals surface area (Å²) in [5.41, 5.74) is 2.43. The first-order valence-corrected chi connectivity index (χ1v) is 9.39. The average Bonchev–Trinajstić information content (AvgIpc) is 2.83. The van der Waals surface area contributed by atoms with Crippen molar-refractivity contribution in [1.82, 2.24) is 5.32 Å². The molecule has 21 heavy (non-hydrogen) atoms. The normalized spacial score (nSPS) is 22.3. The highest BCUT2D eigenvalue weighted by Crippen LogP contribution is 2.31. The van der Waals surface area contributed by atoms with Crippen molar-refractivity contribution in [3.05, 3.63) is 35.4 Å². The van der Waals surface area contributed by atoms with Gasteiger partial charge < -0.3 is 10.1 Å². The summed E-state index contributed by atoms with van der Waals surface area (Å²) in [5, 5.41) is 3.45. The number of sulfone groups is 1. The summed E-state index contributed by atoms with van der Waals surface area (Å²) in [6.07, 6.45) is 1.66. The summed E-state index contributed by atoms with van der Waals surface area (Å²) in [4.78, 5) is 0. The van der Waals surface area contributed by atoms with Crippen molar-refractivity contribution in [2.24, 2.45) is 5.92 Å². The van der Waals surface area contributed by atoms with Crippen molar-refractivity contribution in [2.75, 3.05) is 31.8 Å². The lowest BCUT2D eigenvalue weighted by Gasteiger charge is -2.24. The Bertz CT molecular complexity index is 539. The zero-order valence-electron chi connectivity index (χ0n) is 12.8. The number of methoxy groups -OCH3 is 1. The molecule has 4 nitrogen and oxygen atoms in total. The highest BCUT2D eigenvalue weighted by atomic mass is 32.2. The minimum Gasteiger partial charge on any atom is -0.384 e. The van der Waals surface area contributed by atoms with Crippen LogP contribution in [0.4, 0.5) is 0 Å². The Morgan fingerprint density at radius 3 is 2.57 bits per heavy atom. The van der Waals surface area contributed by atoms with Gasteiger partial charge in [-0.3, -0.25) is 0 Å². The fraction of sp³-hybridized carbons (Fsp3) is 0.625. The van der Waals surface area contributed by atoms with Crippen molar-refractivity contribution in [1.29, 1.82) is 0 Å². The first kappa shape index (κ1) is 16.5. The number of rotatable bonds is 7. The Morgan fingerprint density at radius 2 is 2.05 bits per heavy atom. The molecule has 0 radical (unpaired) electrons. The van der Waals surface area contributed by atoms with Crippen molar-refractivity contribution < 1.29 is 13.2 Å². The topological polar surface area (TPSA) is 55.4 Å². The molecule has 0 aliphatic carbocycles. The molecule has 118 valence electrons. The smallest absolute Gasteiger partial charge is 0.150 e. The fourth-order valence-corrected chi connectivity index (χ4v) is 4.81. The van der Waals surface area contributed by atoms with E-state index in [0.717, 1.165) is 26.0 Å². The minimum atomic E-state index is -2.84. The molecule has 2 rings (SSSR count). The van der Waals surface area contributed by atoms with Gasteiger partial charge in [0.2, 0.25) is 0 Å². The van der Waals surface area contributed by atoms with E-state index in [9.17, 15) is 8.42 Å². The van der Waals surface area contributed by atoms with Gasteiger partial charge in [0.15, 0.2) is 9.84 Å². The molecule has 0 spiro atoms. The molecule has 1 aromatic carbocycles. The van der Waals surface area contributed by atoms with Crippen LogP contribution in [-0.4, -0.2) is 40.2 Å². The molecule has 0 bridgehead atoms. The molecule has 2 unspecified atom stereocenters. The van der Waals surface area contributed by atoms with Gasteiger partial charge in [0, 0.05) is 13.2 Å². The van der Waals surface area contributed by atoms with Gasteiger partial charge >= 0.3 is 0 Å². The first-order chi connectivity index (χ1) is 10.1. The third-order valence-electron chi connectivity index (χ3n) is 4.10.